The fraction of sp³-hybridized carbons (Fsp3) is 0.636. The van der Waals surface area contributed by atoms with Crippen molar-refractivity contribution in [2.24, 2.45) is 0 Å². The van der Waals surface area contributed by atoms with Gasteiger partial charge in [0.15, 0.2) is 0 Å². The number of nitrogens with one attached hydrogen (secondary N) is 1. The van der Waals surface area contributed by atoms with Crippen LogP contribution < -0.4 is 10.2 Å². The number of alkyl halides is 1. The SMILES string of the molecule is CC(=O)N1CCc2c(NC3CCN(CC(=O)N4C[C@@H](F)C[C@H]4C)CC3)cccc21. The third-order valence-corrected chi connectivity index (χ3v) is 6.56. The lowest BCUT2D eigenvalue weighted by atomic mass is 10.0. The molecule has 2 saturated heterocycles. The van der Waals surface area contributed by atoms with E-state index < -0.39 is 6.17 Å². The molecule has 0 aliphatic carbocycles. The number of hydrogen-bond acceptors (Lipinski definition) is 4. The molecule has 3 aliphatic rings. The number of hydrogen-bond donors (Lipinski definition) is 1. The molecule has 4 rings (SSSR count). The predicted octanol–water partition coefficient (Wildman–Crippen LogP) is 2.43. The summed E-state index contributed by atoms with van der Waals surface area (Å²) in [7, 11) is 0. The topological polar surface area (TPSA) is 55.9 Å². The van der Waals surface area contributed by atoms with Crippen LogP contribution in [0.25, 0.3) is 0 Å². The number of benzene rings is 1. The normalized spacial score (nSPS) is 25.3. The van der Waals surface area contributed by atoms with E-state index in [0.717, 1.165) is 50.3 Å². The summed E-state index contributed by atoms with van der Waals surface area (Å²) in [4.78, 5) is 30.1. The summed E-state index contributed by atoms with van der Waals surface area (Å²) in [6.45, 7) is 6.64. The zero-order chi connectivity index (χ0) is 20.5. The Morgan fingerprint density at radius 2 is 1.97 bits per heavy atom. The molecule has 1 N–H and O–H groups in total. The van der Waals surface area contributed by atoms with E-state index in [9.17, 15) is 14.0 Å². The second-order valence-electron chi connectivity index (χ2n) is 8.65. The number of rotatable bonds is 4. The van der Waals surface area contributed by atoms with Gasteiger partial charge in [0.25, 0.3) is 0 Å². The number of anilines is 2. The summed E-state index contributed by atoms with van der Waals surface area (Å²) in [5.74, 6) is 0.138. The van der Waals surface area contributed by atoms with Gasteiger partial charge in [0.2, 0.25) is 11.8 Å². The Labute approximate surface area is 172 Å². The van der Waals surface area contributed by atoms with Crippen LogP contribution in [0, 0.1) is 0 Å². The lowest BCUT2D eigenvalue weighted by Gasteiger charge is -2.34. The number of likely N-dealkylation sites (tertiary alicyclic amines) is 2. The summed E-state index contributed by atoms with van der Waals surface area (Å²) in [6.07, 6.45) is 2.40. The Bertz CT molecular complexity index is 778. The van der Waals surface area contributed by atoms with Crippen molar-refractivity contribution in [3.05, 3.63) is 23.8 Å². The minimum Gasteiger partial charge on any atom is -0.382 e. The third kappa shape index (κ3) is 4.25. The first-order valence-electron chi connectivity index (χ1n) is 10.7. The van der Waals surface area contributed by atoms with Crippen LogP contribution in [0.2, 0.25) is 0 Å². The largest absolute Gasteiger partial charge is 0.382 e. The van der Waals surface area contributed by atoms with E-state index in [4.69, 9.17) is 0 Å². The van der Waals surface area contributed by atoms with E-state index in [2.05, 4.69) is 16.3 Å². The highest BCUT2D eigenvalue weighted by Gasteiger charge is 2.33. The lowest BCUT2D eigenvalue weighted by Crippen LogP contribution is -2.46. The number of amides is 2. The van der Waals surface area contributed by atoms with Crippen molar-refractivity contribution < 1.29 is 14.0 Å². The molecule has 29 heavy (non-hydrogen) atoms. The fourth-order valence-corrected chi connectivity index (χ4v) is 4.95. The molecule has 6 nitrogen and oxygen atoms in total. The Morgan fingerprint density at radius 3 is 2.62 bits per heavy atom. The first kappa shape index (κ1) is 20.1. The Morgan fingerprint density at radius 1 is 1.21 bits per heavy atom. The Balaban J connectivity index is 1.30. The number of halogens is 1. The maximum Gasteiger partial charge on any atom is 0.237 e. The number of carbonyl (C=O) groups excluding carboxylic acids is 2. The molecule has 1 aromatic rings. The van der Waals surface area contributed by atoms with E-state index in [1.54, 1.807) is 11.8 Å². The molecule has 3 aliphatic heterocycles. The molecule has 0 saturated carbocycles. The molecule has 0 aromatic heterocycles. The van der Waals surface area contributed by atoms with E-state index in [0.29, 0.717) is 19.0 Å². The Kier molecular flexibility index (Phi) is 5.76. The standard InChI is InChI=1S/C22H31FN4O2/c1-15-12-17(23)13-27(15)22(29)14-25-9-6-18(7-10-25)24-20-4-3-5-21-19(20)8-11-26(21)16(2)28/h3-5,15,17-18,24H,6-14H2,1-2H3/t15-,17+/m1/s1. The summed E-state index contributed by atoms with van der Waals surface area (Å²) < 4.78 is 13.5. The predicted molar refractivity (Wildman–Crippen MR) is 112 cm³/mol. The van der Waals surface area contributed by atoms with Crippen LogP contribution in [-0.4, -0.2) is 72.6 Å². The van der Waals surface area contributed by atoms with Crippen LogP contribution in [0.3, 0.4) is 0 Å². The van der Waals surface area contributed by atoms with Crippen LogP contribution in [0.1, 0.15) is 38.7 Å². The monoisotopic (exact) mass is 402 g/mol. The molecular formula is C22H31FN4O2. The van der Waals surface area contributed by atoms with Crippen LogP contribution in [0.4, 0.5) is 15.8 Å². The van der Waals surface area contributed by atoms with Gasteiger partial charge in [-0.3, -0.25) is 14.5 Å². The fourth-order valence-electron chi connectivity index (χ4n) is 4.95. The van der Waals surface area contributed by atoms with Crippen molar-refractivity contribution >= 4 is 23.2 Å². The van der Waals surface area contributed by atoms with Gasteiger partial charge in [-0.25, -0.2) is 4.39 Å². The molecule has 0 spiro atoms. The van der Waals surface area contributed by atoms with Crippen molar-refractivity contribution in [2.45, 2.75) is 57.8 Å². The quantitative estimate of drug-likeness (QED) is 0.841. The van der Waals surface area contributed by atoms with Crippen molar-refractivity contribution in [2.75, 3.05) is 42.9 Å². The highest BCUT2D eigenvalue weighted by Crippen LogP contribution is 2.34. The second-order valence-corrected chi connectivity index (χ2v) is 8.65. The van der Waals surface area contributed by atoms with Gasteiger partial charge in [0, 0.05) is 62.0 Å². The smallest absolute Gasteiger partial charge is 0.237 e. The van der Waals surface area contributed by atoms with Gasteiger partial charge < -0.3 is 15.1 Å². The average Bonchev–Trinajstić information content (AvgIpc) is 3.27. The molecule has 7 heteroatoms. The third-order valence-electron chi connectivity index (χ3n) is 6.56. The minimum absolute atomic E-state index is 0.00597. The summed E-state index contributed by atoms with van der Waals surface area (Å²) in [6, 6.07) is 6.49. The summed E-state index contributed by atoms with van der Waals surface area (Å²) >= 11 is 0. The first-order valence-corrected chi connectivity index (χ1v) is 10.7. The highest BCUT2D eigenvalue weighted by atomic mass is 19.1. The van der Waals surface area contributed by atoms with E-state index >= 15 is 0 Å². The maximum atomic E-state index is 13.5. The van der Waals surface area contributed by atoms with Gasteiger partial charge in [-0.1, -0.05) is 6.07 Å². The molecular weight excluding hydrogens is 371 g/mol. The van der Waals surface area contributed by atoms with E-state index in [1.807, 2.05) is 24.0 Å². The van der Waals surface area contributed by atoms with Crippen LogP contribution in [-0.2, 0) is 16.0 Å². The molecule has 0 radical (unpaired) electrons. The molecule has 0 unspecified atom stereocenters. The van der Waals surface area contributed by atoms with Crippen molar-refractivity contribution in [3.8, 4) is 0 Å². The minimum atomic E-state index is -0.879. The first-order chi connectivity index (χ1) is 13.9. The van der Waals surface area contributed by atoms with Gasteiger partial charge in [-0.2, -0.15) is 0 Å². The van der Waals surface area contributed by atoms with Crippen LogP contribution in [0.5, 0.6) is 0 Å². The van der Waals surface area contributed by atoms with Crippen LogP contribution in [0.15, 0.2) is 18.2 Å². The molecule has 1 aromatic carbocycles. The van der Waals surface area contributed by atoms with E-state index in [1.165, 1.54) is 5.56 Å². The lowest BCUT2D eigenvalue weighted by molar-refractivity contribution is -0.133. The van der Waals surface area contributed by atoms with Crippen molar-refractivity contribution in [1.82, 2.24) is 9.80 Å². The van der Waals surface area contributed by atoms with Gasteiger partial charge in [-0.05, 0) is 38.3 Å². The number of nitrogens with zero attached hydrogens (tertiary/aromatic N) is 3. The highest BCUT2D eigenvalue weighted by molar-refractivity contribution is 5.95. The summed E-state index contributed by atoms with van der Waals surface area (Å²) in [5, 5.41) is 3.67. The van der Waals surface area contributed by atoms with Gasteiger partial charge in [0.05, 0.1) is 13.1 Å². The summed E-state index contributed by atoms with van der Waals surface area (Å²) in [5.41, 5.74) is 3.38. The second kappa shape index (κ2) is 8.30. The van der Waals surface area contributed by atoms with Gasteiger partial charge >= 0.3 is 0 Å². The molecule has 3 heterocycles. The zero-order valence-corrected chi connectivity index (χ0v) is 17.4. The number of fused-ring (bicyclic) bond motifs is 1. The maximum absolute atomic E-state index is 13.5. The molecule has 2 fully saturated rings. The molecule has 2 amide bonds. The number of piperidine rings is 1. The average molecular weight is 403 g/mol. The van der Waals surface area contributed by atoms with E-state index in [-0.39, 0.29) is 24.4 Å². The molecule has 2 atom stereocenters. The zero-order valence-electron chi connectivity index (χ0n) is 17.4. The molecule has 158 valence electrons. The van der Waals surface area contributed by atoms with Gasteiger partial charge in [0.1, 0.15) is 6.17 Å². The Hall–Kier alpha value is -2.15. The van der Waals surface area contributed by atoms with Crippen molar-refractivity contribution in [1.29, 1.82) is 0 Å². The molecule has 0 bridgehead atoms. The number of carbonyl (C=O) groups is 2. The van der Waals surface area contributed by atoms with Crippen LogP contribution >= 0.6 is 0 Å². The van der Waals surface area contributed by atoms with Gasteiger partial charge in [-0.15, -0.1) is 0 Å². The van der Waals surface area contributed by atoms with Crippen molar-refractivity contribution in [3.63, 3.8) is 0 Å².